The summed E-state index contributed by atoms with van der Waals surface area (Å²) < 4.78 is 0. The predicted octanol–water partition coefficient (Wildman–Crippen LogP) is 12.1. The van der Waals surface area contributed by atoms with Crippen molar-refractivity contribution in [3.63, 3.8) is 0 Å². The van der Waals surface area contributed by atoms with E-state index < -0.39 is 0 Å². The molecule has 6 aliphatic carbocycles. The van der Waals surface area contributed by atoms with Crippen molar-refractivity contribution in [3.8, 4) is 0 Å². The van der Waals surface area contributed by atoms with Crippen LogP contribution in [0.25, 0.3) is 0 Å². The van der Waals surface area contributed by atoms with Crippen LogP contribution in [0.15, 0.2) is 0 Å². The van der Waals surface area contributed by atoms with Gasteiger partial charge in [-0.25, -0.2) is 0 Å². The molecule has 6 rings (SSSR count). The van der Waals surface area contributed by atoms with Crippen molar-refractivity contribution in [2.75, 3.05) is 0 Å². The monoisotopic (exact) mass is 738 g/mol. The van der Waals surface area contributed by atoms with Crippen molar-refractivity contribution >= 4 is 15.8 Å². The Balaban J connectivity index is 0.000000735. The molecule has 248 valence electrons. The van der Waals surface area contributed by atoms with Gasteiger partial charge < -0.3 is 2.85 Å². The van der Waals surface area contributed by atoms with E-state index in [4.69, 9.17) is 0 Å². The van der Waals surface area contributed by atoms with E-state index in [0.29, 0.717) is 15.8 Å². The summed E-state index contributed by atoms with van der Waals surface area (Å²) in [7, 11) is 0.770. The smallest absolute Gasteiger partial charge is 0.0903 e. The fourth-order valence-corrected chi connectivity index (χ4v) is 19.4. The Morgan fingerprint density at radius 2 is 0.366 bits per heavy atom. The summed E-state index contributed by atoms with van der Waals surface area (Å²) in [6.07, 6.45) is 47.2. The van der Waals surface area contributed by atoms with E-state index in [1.807, 2.05) is 0 Å². The summed E-state index contributed by atoms with van der Waals surface area (Å²) in [6, 6.07) is 0. The number of rotatable bonds is 6. The first kappa shape index (κ1) is 39.2. The van der Waals surface area contributed by atoms with Crippen LogP contribution in [0.1, 0.15) is 195 Å². The zero-order chi connectivity index (χ0) is 25.8. The van der Waals surface area contributed by atoms with Crippen LogP contribution in [0.2, 0.25) is 0 Å². The zero-order valence-corrected chi connectivity index (χ0v) is 32.1. The van der Waals surface area contributed by atoms with Crippen LogP contribution in [0.4, 0.5) is 0 Å². The molecule has 0 saturated heterocycles. The van der Waals surface area contributed by atoms with Gasteiger partial charge in [-0.2, -0.15) is 0 Å². The minimum Gasteiger partial charge on any atom is -1.00 e. The van der Waals surface area contributed by atoms with Gasteiger partial charge in [0.05, 0.1) is 24.8 Å². The van der Waals surface area contributed by atoms with Gasteiger partial charge >= 0.3 is 0 Å². The van der Waals surface area contributed by atoms with Crippen LogP contribution < -0.4 is 0 Å². The molecule has 41 heavy (non-hydrogen) atoms. The Bertz CT molecular complexity index is 487. The van der Waals surface area contributed by atoms with Gasteiger partial charge in [0.25, 0.3) is 0 Å². The Kier molecular flexibility index (Phi) is 21.6. The van der Waals surface area contributed by atoms with Crippen LogP contribution in [-0.2, 0) is 19.5 Å². The van der Waals surface area contributed by atoms with E-state index in [1.54, 1.807) is 154 Å². The topological polar surface area (TPSA) is 0 Å². The fraction of sp³-hybridized carbons (Fsp3) is 1.00. The Morgan fingerprint density at radius 3 is 0.488 bits per heavy atom. The van der Waals surface area contributed by atoms with Crippen molar-refractivity contribution in [2.24, 2.45) is 0 Å². The molecule has 5 heteroatoms. The van der Waals surface area contributed by atoms with Crippen LogP contribution in [-0.4, -0.2) is 34.0 Å². The quantitative estimate of drug-likeness (QED) is 0.188. The van der Waals surface area contributed by atoms with Gasteiger partial charge in [-0.1, -0.05) is 131 Å². The molecular weight excluding hydrogens is 666 g/mol. The minimum absolute atomic E-state index is 0. The van der Waals surface area contributed by atoms with Crippen molar-refractivity contribution in [1.82, 2.24) is 0 Å². The third-order valence-corrected chi connectivity index (χ3v) is 20.1. The Hall–Kier alpha value is 2.06. The van der Waals surface area contributed by atoms with E-state index in [2.05, 4.69) is 0 Å². The number of hydrogen-bond acceptors (Lipinski definition) is 0. The molecule has 0 spiro atoms. The SMILES string of the molecule is C1CCC(P(C2CCCCC2)C2CCCCC2)CC1.C1CCC(P(C2CCCCC2)C2CCCCC2)CC1.[ClH2+].[ClH2+].[H-].[H-].[Ru]. The molecule has 0 aromatic rings. The van der Waals surface area contributed by atoms with Crippen molar-refractivity contribution < 1.29 is 47.1 Å². The van der Waals surface area contributed by atoms with E-state index in [1.165, 1.54) is 72.5 Å². The van der Waals surface area contributed by atoms with Gasteiger partial charge in [-0.05, 0) is 111 Å². The average molecular weight is 739 g/mol. The molecule has 0 nitrogen and oxygen atoms in total. The fourth-order valence-electron chi connectivity index (χ4n) is 10.1. The zero-order valence-electron chi connectivity index (χ0n) is 28.8. The first-order chi connectivity index (χ1) is 18.9. The van der Waals surface area contributed by atoms with Crippen LogP contribution in [0.5, 0.6) is 0 Å². The average Bonchev–Trinajstić information content (AvgIpc) is 3.01. The van der Waals surface area contributed by atoms with E-state index >= 15 is 0 Å². The van der Waals surface area contributed by atoms with E-state index in [-0.39, 0.29) is 47.1 Å². The summed E-state index contributed by atoms with van der Waals surface area (Å²) in [5.74, 6) is 0. The third-order valence-electron chi connectivity index (χ3n) is 12.0. The third kappa shape index (κ3) is 12.3. The molecule has 0 N–H and O–H groups in total. The second kappa shape index (κ2) is 22.6. The van der Waals surface area contributed by atoms with Crippen LogP contribution >= 0.6 is 15.8 Å². The standard InChI is InChI=1S/2C18H33P.2ClH2.Ru.2H/c2*1-4-10-16(11-5-1)19(17-12-6-2-7-13-17)18-14-8-3-9-15-18;;;;;/h2*16-18H,1-15H2;2*1H2;;;/q;;2*+1;;2*-1. The van der Waals surface area contributed by atoms with Crippen molar-refractivity contribution in [3.05, 3.63) is 0 Å². The van der Waals surface area contributed by atoms with Gasteiger partial charge in [-0.15, -0.1) is 0 Å². The van der Waals surface area contributed by atoms with Gasteiger partial charge in [0.15, 0.2) is 0 Å². The van der Waals surface area contributed by atoms with Gasteiger partial charge in [-0.3, -0.25) is 0 Å². The molecule has 0 atom stereocenters. The van der Waals surface area contributed by atoms with Crippen molar-refractivity contribution in [2.45, 2.75) is 227 Å². The van der Waals surface area contributed by atoms with Crippen LogP contribution in [0.3, 0.4) is 0 Å². The van der Waals surface area contributed by atoms with Crippen LogP contribution in [0, 0.1) is 24.8 Å². The molecule has 0 aliphatic heterocycles. The van der Waals surface area contributed by atoms with E-state index in [0.717, 1.165) is 0 Å². The minimum atomic E-state index is 0. The first-order valence-corrected chi connectivity index (χ1v) is 21.5. The molecule has 0 aromatic heterocycles. The maximum Gasteiger partial charge on any atom is 0.0903 e. The molecule has 0 heterocycles. The van der Waals surface area contributed by atoms with Gasteiger partial charge in [0, 0.05) is 19.5 Å². The summed E-state index contributed by atoms with van der Waals surface area (Å²) in [5.41, 5.74) is 7.14. The second-order valence-electron chi connectivity index (χ2n) is 14.6. The normalized spacial score (nSPS) is 26.8. The van der Waals surface area contributed by atoms with Gasteiger partial charge in [0.1, 0.15) is 0 Å². The molecule has 0 radical (unpaired) electrons. The molecule has 6 fully saturated rings. The van der Waals surface area contributed by atoms with E-state index in [9.17, 15) is 0 Å². The molecule has 0 amide bonds. The first-order valence-electron chi connectivity index (χ1n) is 18.4. The number of hydrogen-bond donors (Lipinski definition) is 0. The summed E-state index contributed by atoms with van der Waals surface area (Å²) in [6.45, 7) is 0. The molecule has 0 aromatic carbocycles. The predicted molar refractivity (Wildman–Crippen MR) is 183 cm³/mol. The van der Waals surface area contributed by atoms with Gasteiger partial charge in [0.2, 0.25) is 0 Å². The summed E-state index contributed by atoms with van der Waals surface area (Å²) in [5, 5.41) is 0. The Labute approximate surface area is 288 Å². The summed E-state index contributed by atoms with van der Waals surface area (Å²) >= 11 is 0. The molecule has 0 bridgehead atoms. The maximum atomic E-state index is 1.61. The Morgan fingerprint density at radius 1 is 0.244 bits per heavy atom. The van der Waals surface area contributed by atoms with Crippen molar-refractivity contribution in [1.29, 1.82) is 0 Å². The second-order valence-corrected chi connectivity index (χ2v) is 20.8. The maximum absolute atomic E-state index is 1.61. The molecule has 0 unspecified atom stereocenters. The largest absolute Gasteiger partial charge is 1.00 e. The number of halogens is 2. The molecule has 6 saturated carbocycles. The molecular formula is C36H72Cl2P2Ru. The molecule has 6 aliphatic rings. The summed E-state index contributed by atoms with van der Waals surface area (Å²) in [4.78, 5) is 0.